The number of aromatic nitrogens is 2. The Bertz CT molecular complexity index is 1460. The minimum Gasteiger partial charge on any atom is -0.493 e. The van der Waals surface area contributed by atoms with Crippen LogP contribution in [0.1, 0.15) is 36.9 Å². The summed E-state index contributed by atoms with van der Waals surface area (Å²) in [6.45, 7) is 1.45. The van der Waals surface area contributed by atoms with E-state index >= 15 is 0 Å². The molecule has 0 spiro atoms. The van der Waals surface area contributed by atoms with E-state index in [4.69, 9.17) is 14.2 Å². The third-order valence-electron chi connectivity index (χ3n) is 6.94. The minimum atomic E-state index is -0.676. The lowest BCUT2D eigenvalue weighted by atomic mass is 9.95. The first-order valence-electron chi connectivity index (χ1n) is 13.1. The van der Waals surface area contributed by atoms with Gasteiger partial charge < -0.3 is 30.2 Å². The Morgan fingerprint density at radius 2 is 1.93 bits per heavy atom. The lowest BCUT2D eigenvalue weighted by molar-refractivity contribution is -0.120. The van der Waals surface area contributed by atoms with E-state index in [1.807, 2.05) is 18.4 Å². The molecule has 41 heavy (non-hydrogen) atoms. The van der Waals surface area contributed by atoms with Gasteiger partial charge in [0, 0.05) is 18.7 Å². The summed E-state index contributed by atoms with van der Waals surface area (Å²) >= 11 is 1.61. The first kappa shape index (κ1) is 29.8. The van der Waals surface area contributed by atoms with Crippen molar-refractivity contribution in [3.8, 4) is 28.4 Å². The molecule has 0 saturated carbocycles. The summed E-state index contributed by atoms with van der Waals surface area (Å²) in [5, 5.41) is 15.5. The maximum Gasteiger partial charge on any atom is 0.246 e. The fourth-order valence-corrected chi connectivity index (χ4v) is 5.54. The van der Waals surface area contributed by atoms with Gasteiger partial charge in [-0.15, -0.1) is 0 Å². The molecule has 12 heteroatoms. The van der Waals surface area contributed by atoms with Crippen molar-refractivity contribution in [2.75, 3.05) is 44.0 Å². The number of aromatic amines is 1. The number of nitrogens with one attached hydrogen (secondary N) is 4. The van der Waals surface area contributed by atoms with E-state index in [1.165, 1.54) is 26.3 Å². The highest BCUT2D eigenvalue weighted by atomic mass is 32.2. The number of methoxy groups -OCH3 is 3. The fourth-order valence-electron chi connectivity index (χ4n) is 5.07. The van der Waals surface area contributed by atoms with E-state index in [9.17, 15) is 14.4 Å². The molecule has 2 atom stereocenters. The molecule has 2 amide bonds. The Kier molecular flexibility index (Phi) is 9.77. The van der Waals surface area contributed by atoms with Gasteiger partial charge >= 0.3 is 0 Å². The molecule has 0 radical (unpaired) electrons. The zero-order valence-corrected chi connectivity index (χ0v) is 24.6. The number of hydrogen-bond donors (Lipinski definition) is 4. The van der Waals surface area contributed by atoms with Gasteiger partial charge in [-0.2, -0.15) is 16.9 Å². The summed E-state index contributed by atoms with van der Waals surface area (Å²) < 4.78 is 17.1. The van der Waals surface area contributed by atoms with Gasteiger partial charge in [-0.05, 0) is 66.2 Å². The lowest BCUT2D eigenvalue weighted by Gasteiger charge is -2.19. The molecule has 0 saturated heterocycles. The Balaban J connectivity index is 1.86. The van der Waals surface area contributed by atoms with Crippen molar-refractivity contribution in [2.45, 2.75) is 38.3 Å². The van der Waals surface area contributed by atoms with Gasteiger partial charge in [-0.1, -0.05) is 6.07 Å². The number of carbonyl (C=O) groups excluding carboxylic acids is 2. The number of aryl methyl sites for hydroxylation is 1. The number of H-pyrrole nitrogens is 1. The van der Waals surface area contributed by atoms with Crippen molar-refractivity contribution >= 4 is 35.0 Å². The summed E-state index contributed by atoms with van der Waals surface area (Å²) in [6.07, 6.45) is 6.69. The van der Waals surface area contributed by atoms with Crippen molar-refractivity contribution in [1.82, 2.24) is 15.5 Å². The van der Waals surface area contributed by atoms with Crippen LogP contribution in [0.25, 0.3) is 11.1 Å². The summed E-state index contributed by atoms with van der Waals surface area (Å²) in [5.41, 5.74) is 3.52. The summed E-state index contributed by atoms with van der Waals surface area (Å²) in [5.74, 6) is 1.63. The SMILES string of the molecule is COc1cc2c(c(OC)c1OC)-c1ccc(NC(CCSC)C(=O)Nc3cn[nH]c3)c(=O)cc1C(NC(C)=O)CC2. The highest BCUT2D eigenvalue weighted by Gasteiger charge is 2.30. The lowest BCUT2D eigenvalue weighted by Crippen LogP contribution is -2.36. The second-order valence-electron chi connectivity index (χ2n) is 9.55. The van der Waals surface area contributed by atoms with Gasteiger partial charge in [-0.25, -0.2) is 0 Å². The fraction of sp³-hybridized carbons (Fsp3) is 0.379. The molecule has 11 nitrogen and oxygen atoms in total. The summed E-state index contributed by atoms with van der Waals surface area (Å²) in [4.78, 5) is 39.0. The molecule has 2 aromatic carbocycles. The molecule has 0 bridgehead atoms. The van der Waals surface area contributed by atoms with Crippen LogP contribution in [-0.2, 0) is 16.0 Å². The standard InChI is InChI=1S/C29H35N5O6S/c1-16(35)32-21-8-6-17-12-25(38-2)27(39-3)28(40-4)26(17)19-7-9-22(24(36)13-20(19)21)34-23(10-11-41-5)29(37)33-18-14-30-31-15-18/h7,9,12-15,21,23H,6,8,10-11H2,1-5H3,(H,30,31)(H,32,35)(H,33,37)(H,34,36). The molecule has 218 valence electrons. The quantitative estimate of drug-likeness (QED) is 0.266. The van der Waals surface area contributed by atoms with Crippen LogP contribution in [0.5, 0.6) is 17.2 Å². The summed E-state index contributed by atoms with van der Waals surface area (Å²) in [6, 6.07) is 5.83. The second kappa shape index (κ2) is 13.4. The highest BCUT2D eigenvalue weighted by Crippen LogP contribution is 2.50. The number of amides is 2. The van der Waals surface area contributed by atoms with E-state index in [0.717, 1.165) is 11.1 Å². The van der Waals surface area contributed by atoms with Gasteiger partial charge in [0.2, 0.25) is 23.0 Å². The number of benzene rings is 1. The van der Waals surface area contributed by atoms with Crippen molar-refractivity contribution < 1.29 is 23.8 Å². The molecule has 4 N–H and O–H groups in total. The number of anilines is 2. The molecule has 1 heterocycles. The molecular weight excluding hydrogens is 546 g/mol. The Hall–Kier alpha value is -4.19. The van der Waals surface area contributed by atoms with Gasteiger partial charge in [0.15, 0.2) is 11.5 Å². The van der Waals surface area contributed by atoms with Crippen LogP contribution < -0.4 is 35.6 Å². The first-order valence-corrected chi connectivity index (χ1v) is 14.5. The maximum atomic E-state index is 13.7. The number of thioether (sulfide) groups is 1. The molecule has 1 aliphatic carbocycles. The van der Waals surface area contributed by atoms with E-state index in [2.05, 4.69) is 26.1 Å². The monoisotopic (exact) mass is 581 g/mol. The van der Waals surface area contributed by atoms with Gasteiger partial charge in [-0.3, -0.25) is 19.5 Å². The Labute approximate surface area is 242 Å². The number of rotatable bonds is 11. The smallest absolute Gasteiger partial charge is 0.246 e. The third kappa shape index (κ3) is 6.59. The molecule has 4 rings (SSSR count). The molecule has 3 aromatic rings. The third-order valence-corrected chi connectivity index (χ3v) is 7.58. The second-order valence-corrected chi connectivity index (χ2v) is 10.5. The minimum absolute atomic E-state index is 0.209. The average Bonchev–Trinajstić information content (AvgIpc) is 3.36. The molecule has 0 fully saturated rings. The van der Waals surface area contributed by atoms with Crippen LogP contribution in [0.3, 0.4) is 0 Å². The van der Waals surface area contributed by atoms with E-state index in [-0.39, 0.29) is 22.9 Å². The van der Waals surface area contributed by atoms with Crippen LogP contribution in [0, 0.1) is 0 Å². The maximum absolute atomic E-state index is 13.7. The first-order chi connectivity index (χ1) is 19.8. The number of hydrogen-bond acceptors (Lipinski definition) is 9. The van der Waals surface area contributed by atoms with Crippen molar-refractivity contribution in [1.29, 1.82) is 0 Å². The Morgan fingerprint density at radius 1 is 1.15 bits per heavy atom. The average molecular weight is 582 g/mol. The van der Waals surface area contributed by atoms with Crippen molar-refractivity contribution in [3.63, 3.8) is 0 Å². The Morgan fingerprint density at radius 3 is 2.56 bits per heavy atom. The van der Waals surface area contributed by atoms with Crippen LogP contribution in [0.2, 0.25) is 0 Å². The van der Waals surface area contributed by atoms with E-state index in [0.29, 0.717) is 59.1 Å². The molecule has 0 aliphatic heterocycles. The molecule has 2 unspecified atom stereocenters. The van der Waals surface area contributed by atoms with E-state index < -0.39 is 12.1 Å². The van der Waals surface area contributed by atoms with Crippen LogP contribution in [0.15, 0.2) is 41.5 Å². The molecule has 1 aromatic heterocycles. The predicted octanol–water partition coefficient (Wildman–Crippen LogP) is 3.76. The zero-order chi connectivity index (χ0) is 29.5. The van der Waals surface area contributed by atoms with Crippen molar-refractivity contribution in [3.05, 3.63) is 58.0 Å². The zero-order valence-electron chi connectivity index (χ0n) is 23.8. The largest absolute Gasteiger partial charge is 0.493 e. The topological polar surface area (TPSA) is 144 Å². The number of ether oxygens (including phenoxy) is 3. The number of carbonyl (C=O) groups is 2. The van der Waals surface area contributed by atoms with E-state index in [1.54, 1.807) is 38.2 Å². The highest BCUT2D eigenvalue weighted by molar-refractivity contribution is 7.98. The normalized spacial score (nSPS) is 14.5. The molecular formula is C29H35N5O6S. The van der Waals surface area contributed by atoms with Gasteiger partial charge in [0.1, 0.15) is 6.04 Å². The predicted molar refractivity (Wildman–Crippen MR) is 160 cm³/mol. The van der Waals surface area contributed by atoms with Crippen LogP contribution >= 0.6 is 11.8 Å². The summed E-state index contributed by atoms with van der Waals surface area (Å²) in [7, 11) is 4.65. The van der Waals surface area contributed by atoms with Crippen LogP contribution in [-0.4, -0.2) is 61.4 Å². The van der Waals surface area contributed by atoms with Crippen molar-refractivity contribution in [2.24, 2.45) is 0 Å². The van der Waals surface area contributed by atoms with Gasteiger partial charge in [0.05, 0.1) is 44.9 Å². The molecule has 1 aliphatic rings. The number of fused-ring (bicyclic) bond motifs is 3. The van der Waals surface area contributed by atoms with Crippen LogP contribution in [0.4, 0.5) is 11.4 Å². The van der Waals surface area contributed by atoms with Gasteiger partial charge in [0.25, 0.3) is 0 Å². The number of nitrogens with zero attached hydrogens (tertiary/aromatic N) is 1.